The van der Waals surface area contributed by atoms with E-state index in [4.69, 9.17) is 4.74 Å². The van der Waals surface area contributed by atoms with E-state index in [0.717, 1.165) is 0 Å². The first-order chi connectivity index (χ1) is 9.86. The first-order valence-corrected chi connectivity index (χ1v) is 6.38. The highest BCUT2D eigenvalue weighted by molar-refractivity contribution is 5.80. The summed E-state index contributed by atoms with van der Waals surface area (Å²) in [4.78, 5) is 21.9. The lowest BCUT2D eigenvalue weighted by atomic mass is 10.1. The molecule has 0 radical (unpaired) electrons. The van der Waals surface area contributed by atoms with Crippen molar-refractivity contribution in [3.05, 3.63) is 46.5 Å². The standard InChI is InChI=1S/C14H18N2O5/c1-4-7-15-14(18)10(3)21-13-6-5-11(16(19)20)8-12(13)9(2)17/h4-6,8-10,17H,1,7H2,2-3H3,(H,15,18)/t9-,10?/m0/s1. The van der Waals surface area contributed by atoms with Crippen molar-refractivity contribution in [3.63, 3.8) is 0 Å². The largest absolute Gasteiger partial charge is 0.481 e. The van der Waals surface area contributed by atoms with Gasteiger partial charge in [-0.2, -0.15) is 0 Å². The molecule has 21 heavy (non-hydrogen) atoms. The van der Waals surface area contributed by atoms with Crippen molar-refractivity contribution in [1.29, 1.82) is 0 Å². The van der Waals surface area contributed by atoms with E-state index in [9.17, 15) is 20.0 Å². The summed E-state index contributed by atoms with van der Waals surface area (Å²) in [6, 6.07) is 3.86. The van der Waals surface area contributed by atoms with E-state index < -0.39 is 17.1 Å². The minimum atomic E-state index is -0.955. The molecule has 2 N–H and O–H groups in total. The molecular weight excluding hydrogens is 276 g/mol. The number of aliphatic hydroxyl groups excluding tert-OH is 1. The Hall–Kier alpha value is -2.41. The Balaban J connectivity index is 2.94. The second-order valence-electron chi connectivity index (χ2n) is 4.45. The van der Waals surface area contributed by atoms with Crippen LogP contribution in [0.5, 0.6) is 5.75 Å². The highest BCUT2D eigenvalue weighted by Crippen LogP contribution is 2.30. The Bertz CT molecular complexity index is 542. The number of rotatable bonds is 7. The summed E-state index contributed by atoms with van der Waals surface area (Å²) in [5, 5.41) is 23.0. The van der Waals surface area contributed by atoms with E-state index in [1.165, 1.54) is 31.2 Å². The Morgan fingerprint density at radius 1 is 1.57 bits per heavy atom. The Morgan fingerprint density at radius 3 is 2.76 bits per heavy atom. The number of aliphatic hydroxyl groups is 1. The lowest BCUT2D eigenvalue weighted by molar-refractivity contribution is -0.385. The lowest BCUT2D eigenvalue weighted by Gasteiger charge is -2.18. The number of non-ortho nitro benzene ring substituents is 1. The van der Waals surface area contributed by atoms with E-state index in [1.54, 1.807) is 6.92 Å². The van der Waals surface area contributed by atoms with Crippen LogP contribution in [-0.2, 0) is 4.79 Å². The van der Waals surface area contributed by atoms with Gasteiger partial charge in [0.25, 0.3) is 11.6 Å². The summed E-state index contributed by atoms with van der Waals surface area (Å²) in [6.45, 7) is 6.82. The number of amides is 1. The van der Waals surface area contributed by atoms with Gasteiger partial charge in [-0.15, -0.1) is 6.58 Å². The molecule has 0 fully saturated rings. The SMILES string of the molecule is C=CCNC(=O)C(C)Oc1ccc([N+](=O)[O-])cc1[C@H](C)O. The van der Waals surface area contributed by atoms with Gasteiger partial charge in [-0.25, -0.2) is 0 Å². The van der Waals surface area contributed by atoms with Gasteiger partial charge in [-0.3, -0.25) is 14.9 Å². The van der Waals surface area contributed by atoms with Crippen LogP contribution in [0.15, 0.2) is 30.9 Å². The minimum absolute atomic E-state index is 0.151. The highest BCUT2D eigenvalue weighted by atomic mass is 16.6. The monoisotopic (exact) mass is 294 g/mol. The molecule has 0 spiro atoms. The molecule has 1 amide bonds. The molecule has 7 heteroatoms. The van der Waals surface area contributed by atoms with Crippen LogP contribution >= 0.6 is 0 Å². The maximum Gasteiger partial charge on any atom is 0.270 e. The molecule has 1 aromatic rings. The summed E-state index contributed by atoms with van der Waals surface area (Å²) in [7, 11) is 0. The number of carbonyl (C=O) groups is 1. The van der Waals surface area contributed by atoms with Crippen molar-refractivity contribution < 1.29 is 19.6 Å². The number of nitro groups is 1. The Labute approximate surface area is 122 Å². The van der Waals surface area contributed by atoms with Crippen molar-refractivity contribution >= 4 is 11.6 Å². The fourth-order valence-corrected chi connectivity index (χ4v) is 1.64. The van der Waals surface area contributed by atoms with E-state index >= 15 is 0 Å². The third-order valence-electron chi connectivity index (χ3n) is 2.75. The number of ether oxygens (including phenoxy) is 1. The first-order valence-electron chi connectivity index (χ1n) is 6.38. The Kier molecular flexibility index (Phi) is 5.86. The summed E-state index contributed by atoms with van der Waals surface area (Å²) in [6.07, 6.45) is -0.218. The van der Waals surface area contributed by atoms with Gasteiger partial charge in [-0.1, -0.05) is 6.08 Å². The van der Waals surface area contributed by atoms with Crippen LogP contribution in [0.1, 0.15) is 25.5 Å². The molecule has 0 aliphatic rings. The number of nitrogens with one attached hydrogen (secondary N) is 1. The maximum absolute atomic E-state index is 11.7. The van der Waals surface area contributed by atoms with Gasteiger partial charge in [0.15, 0.2) is 6.10 Å². The molecular formula is C14H18N2O5. The van der Waals surface area contributed by atoms with Crippen LogP contribution in [0.4, 0.5) is 5.69 Å². The zero-order chi connectivity index (χ0) is 16.0. The van der Waals surface area contributed by atoms with E-state index in [2.05, 4.69) is 11.9 Å². The third-order valence-corrected chi connectivity index (χ3v) is 2.75. The van der Waals surface area contributed by atoms with Crippen LogP contribution in [0.2, 0.25) is 0 Å². The highest BCUT2D eigenvalue weighted by Gasteiger charge is 2.19. The number of hydrogen-bond donors (Lipinski definition) is 2. The van der Waals surface area contributed by atoms with Gasteiger partial charge in [0, 0.05) is 24.2 Å². The zero-order valence-electron chi connectivity index (χ0n) is 11.9. The molecule has 2 atom stereocenters. The van der Waals surface area contributed by atoms with E-state index in [1.807, 2.05) is 0 Å². The predicted molar refractivity (Wildman–Crippen MR) is 77.0 cm³/mol. The van der Waals surface area contributed by atoms with Crippen LogP contribution in [-0.4, -0.2) is 28.6 Å². The van der Waals surface area contributed by atoms with Gasteiger partial charge in [0.2, 0.25) is 0 Å². The van der Waals surface area contributed by atoms with Gasteiger partial charge in [0.1, 0.15) is 5.75 Å². The lowest BCUT2D eigenvalue weighted by Crippen LogP contribution is -2.36. The molecule has 0 aromatic heterocycles. The second kappa shape index (κ2) is 7.39. The topological polar surface area (TPSA) is 102 Å². The average molecular weight is 294 g/mol. The number of nitro benzene ring substituents is 1. The number of carbonyl (C=O) groups excluding carboxylic acids is 1. The summed E-state index contributed by atoms with van der Waals surface area (Å²) >= 11 is 0. The molecule has 0 aliphatic carbocycles. The van der Waals surface area contributed by atoms with Crippen molar-refractivity contribution in [1.82, 2.24) is 5.32 Å². The maximum atomic E-state index is 11.7. The molecule has 0 saturated heterocycles. The van der Waals surface area contributed by atoms with Gasteiger partial charge < -0.3 is 15.2 Å². The van der Waals surface area contributed by atoms with Crippen LogP contribution in [0.25, 0.3) is 0 Å². The minimum Gasteiger partial charge on any atom is -0.481 e. The molecule has 0 heterocycles. The van der Waals surface area contributed by atoms with E-state index in [-0.39, 0.29) is 22.9 Å². The van der Waals surface area contributed by atoms with Crippen LogP contribution in [0.3, 0.4) is 0 Å². The number of benzene rings is 1. The average Bonchev–Trinajstić information content (AvgIpc) is 2.44. The van der Waals surface area contributed by atoms with Crippen LogP contribution in [0, 0.1) is 10.1 Å². The van der Waals surface area contributed by atoms with Crippen molar-refractivity contribution in [2.45, 2.75) is 26.1 Å². The van der Waals surface area contributed by atoms with Crippen molar-refractivity contribution in [2.75, 3.05) is 6.54 Å². The van der Waals surface area contributed by atoms with Crippen molar-refractivity contribution in [2.24, 2.45) is 0 Å². The van der Waals surface area contributed by atoms with Gasteiger partial charge in [-0.05, 0) is 19.9 Å². The predicted octanol–water partition coefficient (Wildman–Crippen LogP) is 1.72. The summed E-state index contributed by atoms with van der Waals surface area (Å²) in [5.74, 6) is -0.110. The molecule has 7 nitrogen and oxygen atoms in total. The molecule has 1 rings (SSSR count). The smallest absolute Gasteiger partial charge is 0.270 e. The molecule has 0 aliphatic heterocycles. The van der Waals surface area contributed by atoms with Gasteiger partial charge >= 0.3 is 0 Å². The summed E-state index contributed by atoms with van der Waals surface area (Å²) in [5.41, 5.74) is 0.106. The fourth-order valence-electron chi connectivity index (χ4n) is 1.64. The normalized spacial score (nSPS) is 13.1. The van der Waals surface area contributed by atoms with Gasteiger partial charge in [0.05, 0.1) is 11.0 Å². The number of nitrogens with zero attached hydrogens (tertiary/aromatic N) is 1. The second-order valence-corrected chi connectivity index (χ2v) is 4.45. The van der Waals surface area contributed by atoms with Crippen LogP contribution < -0.4 is 10.1 Å². The van der Waals surface area contributed by atoms with Crippen molar-refractivity contribution in [3.8, 4) is 5.75 Å². The molecule has 1 aromatic carbocycles. The quantitative estimate of drug-likeness (QED) is 0.453. The fraction of sp³-hybridized carbons (Fsp3) is 0.357. The first kappa shape index (κ1) is 16.6. The third kappa shape index (κ3) is 4.57. The summed E-state index contributed by atoms with van der Waals surface area (Å²) < 4.78 is 5.47. The molecule has 114 valence electrons. The zero-order valence-corrected chi connectivity index (χ0v) is 11.9. The number of hydrogen-bond acceptors (Lipinski definition) is 5. The molecule has 0 bridgehead atoms. The Morgan fingerprint density at radius 2 is 2.24 bits per heavy atom. The van der Waals surface area contributed by atoms with E-state index in [0.29, 0.717) is 6.54 Å². The molecule has 1 unspecified atom stereocenters. The molecule has 0 saturated carbocycles.